The van der Waals surface area contributed by atoms with Crippen LogP contribution in [0, 0.1) is 0 Å². The van der Waals surface area contributed by atoms with E-state index in [2.05, 4.69) is 57.3 Å². The molecule has 0 bridgehead atoms. The molecule has 0 aliphatic carbocycles. The van der Waals surface area contributed by atoms with Gasteiger partial charge in [0.15, 0.2) is 0 Å². The maximum Gasteiger partial charge on any atom is 0.123 e. The topological polar surface area (TPSA) is 21.3 Å². The molecule has 0 saturated heterocycles. The molecule has 0 aliphatic heterocycles. The number of hydrogen-bond donors (Lipinski definition) is 1. The number of para-hydroxylation sites is 1. The minimum absolute atomic E-state index is 0.256. The number of ether oxygens (including phenoxy) is 1. The van der Waals surface area contributed by atoms with E-state index in [0.29, 0.717) is 5.92 Å². The lowest BCUT2D eigenvalue weighted by Crippen LogP contribution is -2.31. The van der Waals surface area contributed by atoms with E-state index in [4.69, 9.17) is 4.74 Å². The average Bonchev–Trinajstić information content (AvgIpc) is 2.82. The third-order valence-corrected chi connectivity index (χ3v) is 6.89. The zero-order chi connectivity index (χ0) is 23.3. The molecule has 2 nitrogen and oxygen atoms in total. The molecule has 0 aliphatic rings. The summed E-state index contributed by atoms with van der Waals surface area (Å²) in [5.74, 6) is 1.62. The predicted molar refractivity (Wildman–Crippen MR) is 143 cm³/mol. The van der Waals surface area contributed by atoms with Gasteiger partial charge in [-0.25, -0.2) is 0 Å². The molecule has 0 spiro atoms. The third-order valence-electron chi connectivity index (χ3n) is 6.89. The Balaban J connectivity index is 1.99. The standard InChI is InChI=1S/C30H55NO/c1-5-8-9-10-11-12-13-14-15-16-17-18-19-22-25-31-26-28(7-3)32-30-24-21-20-23-29(30)27(4)6-2/h20-21,23-24,27-28,31H,5-19,22,25-26H2,1-4H3. The Labute approximate surface area is 201 Å². The van der Waals surface area contributed by atoms with Crippen molar-refractivity contribution in [2.45, 2.75) is 142 Å². The molecule has 2 unspecified atom stereocenters. The second-order valence-electron chi connectivity index (χ2n) is 9.80. The Hall–Kier alpha value is -1.02. The molecule has 2 heteroatoms. The summed E-state index contributed by atoms with van der Waals surface area (Å²) in [5, 5.41) is 3.64. The summed E-state index contributed by atoms with van der Waals surface area (Å²) in [6.07, 6.45) is 22.3. The van der Waals surface area contributed by atoms with Crippen molar-refractivity contribution in [3.05, 3.63) is 29.8 Å². The van der Waals surface area contributed by atoms with Crippen LogP contribution in [0.3, 0.4) is 0 Å². The van der Waals surface area contributed by atoms with Gasteiger partial charge >= 0.3 is 0 Å². The lowest BCUT2D eigenvalue weighted by Gasteiger charge is -2.22. The van der Waals surface area contributed by atoms with Crippen LogP contribution in [-0.4, -0.2) is 19.2 Å². The molecule has 0 saturated carbocycles. The van der Waals surface area contributed by atoms with Gasteiger partial charge in [0.2, 0.25) is 0 Å². The highest BCUT2D eigenvalue weighted by molar-refractivity contribution is 5.36. The van der Waals surface area contributed by atoms with Crippen molar-refractivity contribution in [3.63, 3.8) is 0 Å². The Morgan fingerprint density at radius 2 is 1.22 bits per heavy atom. The fourth-order valence-corrected chi connectivity index (χ4v) is 4.37. The van der Waals surface area contributed by atoms with E-state index in [1.54, 1.807) is 0 Å². The zero-order valence-corrected chi connectivity index (χ0v) is 22.1. The van der Waals surface area contributed by atoms with Crippen molar-refractivity contribution >= 4 is 0 Å². The summed E-state index contributed by atoms with van der Waals surface area (Å²) in [6.45, 7) is 11.1. The summed E-state index contributed by atoms with van der Waals surface area (Å²) in [4.78, 5) is 0. The average molecular weight is 446 g/mol. The van der Waals surface area contributed by atoms with E-state index in [-0.39, 0.29) is 6.10 Å². The molecule has 1 rings (SSSR count). The van der Waals surface area contributed by atoms with Crippen LogP contribution in [-0.2, 0) is 0 Å². The van der Waals surface area contributed by atoms with E-state index < -0.39 is 0 Å². The largest absolute Gasteiger partial charge is 0.489 e. The molecule has 0 amide bonds. The number of unbranched alkanes of at least 4 members (excludes halogenated alkanes) is 13. The highest BCUT2D eigenvalue weighted by atomic mass is 16.5. The van der Waals surface area contributed by atoms with Gasteiger partial charge in [0, 0.05) is 6.54 Å². The number of hydrogen-bond acceptors (Lipinski definition) is 2. The highest BCUT2D eigenvalue weighted by Gasteiger charge is 2.13. The molecule has 0 aromatic heterocycles. The van der Waals surface area contributed by atoms with Crippen LogP contribution in [0.15, 0.2) is 24.3 Å². The Bertz CT molecular complexity index is 529. The smallest absolute Gasteiger partial charge is 0.123 e. The lowest BCUT2D eigenvalue weighted by atomic mass is 9.98. The molecule has 32 heavy (non-hydrogen) atoms. The maximum absolute atomic E-state index is 6.38. The summed E-state index contributed by atoms with van der Waals surface area (Å²) in [5.41, 5.74) is 1.35. The maximum atomic E-state index is 6.38. The quantitative estimate of drug-likeness (QED) is 0.179. The first kappa shape index (κ1) is 29.0. The second kappa shape index (κ2) is 20.6. The van der Waals surface area contributed by atoms with E-state index in [9.17, 15) is 0 Å². The monoisotopic (exact) mass is 445 g/mol. The van der Waals surface area contributed by atoms with E-state index >= 15 is 0 Å². The summed E-state index contributed by atoms with van der Waals surface area (Å²) >= 11 is 0. The summed E-state index contributed by atoms with van der Waals surface area (Å²) in [7, 11) is 0. The van der Waals surface area contributed by atoms with Crippen LogP contribution in [0.25, 0.3) is 0 Å². The molecular weight excluding hydrogens is 390 g/mol. The fourth-order valence-electron chi connectivity index (χ4n) is 4.37. The van der Waals surface area contributed by atoms with Gasteiger partial charge in [0.05, 0.1) is 0 Å². The fraction of sp³-hybridized carbons (Fsp3) is 0.800. The van der Waals surface area contributed by atoms with Crippen molar-refractivity contribution in [1.29, 1.82) is 0 Å². The Kier molecular flexibility index (Phi) is 18.7. The van der Waals surface area contributed by atoms with Crippen LogP contribution in [0.4, 0.5) is 0 Å². The van der Waals surface area contributed by atoms with E-state index in [0.717, 1.165) is 31.7 Å². The van der Waals surface area contributed by atoms with E-state index in [1.165, 1.54) is 95.5 Å². The van der Waals surface area contributed by atoms with Crippen LogP contribution in [0.2, 0.25) is 0 Å². The van der Waals surface area contributed by atoms with Crippen molar-refractivity contribution in [2.75, 3.05) is 13.1 Å². The third kappa shape index (κ3) is 14.2. The molecule has 1 N–H and O–H groups in total. The van der Waals surface area contributed by atoms with Crippen molar-refractivity contribution in [1.82, 2.24) is 5.32 Å². The van der Waals surface area contributed by atoms with Gasteiger partial charge < -0.3 is 10.1 Å². The van der Waals surface area contributed by atoms with Crippen LogP contribution < -0.4 is 10.1 Å². The van der Waals surface area contributed by atoms with Gasteiger partial charge in [0.1, 0.15) is 11.9 Å². The Morgan fingerprint density at radius 3 is 1.75 bits per heavy atom. The van der Waals surface area contributed by atoms with Crippen molar-refractivity contribution in [2.24, 2.45) is 0 Å². The molecule has 0 heterocycles. The first-order valence-corrected chi connectivity index (χ1v) is 14.2. The number of benzene rings is 1. The molecule has 0 fully saturated rings. The van der Waals surface area contributed by atoms with Crippen LogP contribution in [0.5, 0.6) is 5.75 Å². The molecule has 2 atom stereocenters. The first-order chi connectivity index (χ1) is 15.7. The molecule has 0 radical (unpaired) electrons. The second-order valence-corrected chi connectivity index (χ2v) is 9.80. The van der Waals surface area contributed by atoms with Gasteiger partial charge in [-0.15, -0.1) is 0 Å². The van der Waals surface area contributed by atoms with Crippen LogP contribution in [0.1, 0.15) is 142 Å². The SMILES string of the molecule is CCCCCCCCCCCCCCCCNCC(CC)Oc1ccccc1C(C)CC. The van der Waals surface area contributed by atoms with Gasteiger partial charge in [-0.3, -0.25) is 0 Å². The van der Waals surface area contributed by atoms with Crippen molar-refractivity contribution in [3.8, 4) is 5.75 Å². The van der Waals surface area contributed by atoms with Crippen LogP contribution >= 0.6 is 0 Å². The summed E-state index contributed by atoms with van der Waals surface area (Å²) < 4.78 is 6.38. The van der Waals surface area contributed by atoms with Crippen molar-refractivity contribution < 1.29 is 4.74 Å². The molecule has 1 aromatic carbocycles. The van der Waals surface area contributed by atoms with Gasteiger partial charge in [-0.05, 0) is 43.4 Å². The van der Waals surface area contributed by atoms with Gasteiger partial charge in [-0.1, -0.05) is 129 Å². The summed E-state index contributed by atoms with van der Waals surface area (Å²) in [6, 6.07) is 8.58. The van der Waals surface area contributed by atoms with Gasteiger partial charge in [0.25, 0.3) is 0 Å². The number of rotatable bonds is 22. The van der Waals surface area contributed by atoms with E-state index in [1.807, 2.05) is 0 Å². The first-order valence-electron chi connectivity index (χ1n) is 14.2. The highest BCUT2D eigenvalue weighted by Crippen LogP contribution is 2.29. The predicted octanol–water partition coefficient (Wildman–Crippen LogP) is 9.43. The molecular formula is C30H55NO. The normalized spacial score (nSPS) is 13.2. The Morgan fingerprint density at radius 1 is 0.688 bits per heavy atom. The molecule has 1 aromatic rings. The minimum Gasteiger partial charge on any atom is -0.489 e. The lowest BCUT2D eigenvalue weighted by molar-refractivity contribution is 0.190. The molecule has 186 valence electrons. The van der Waals surface area contributed by atoms with Gasteiger partial charge in [-0.2, -0.15) is 0 Å². The number of nitrogens with one attached hydrogen (secondary N) is 1. The zero-order valence-electron chi connectivity index (χ0n) is 22.1. The minimum atomic E-state index is 0.256.